The smallest absolute Gasteiger partial charge is 0.308 e. The molecule has 2 heterocycles. The minimum absolute atomic E-state index is 0.0869. The molecule has 24 heavy (non-hydrogen) atoms. The summed E-state index contributed by atoms with van der Waals surface area (Å²) in [7, 11) is 0. The summed E-state index contributed by atoms with van der Waals surface area (Å²) >= 11 is 0. The largest absolute Gasteiger partial charge is 0.481 e. The van der Waals surface area contributed by atoms with Gasteiger partial charge in [-0.05, 0) is 63.7 Å². The van der Waals surface area contributed by atoms with E-state index in [1.54, 1.807) is 0 Å². The van der Waals surface area contributed by atoms with Crippen molar-refractivity contribution in [2.45, 2.75) is 88.9 Å². The number of carboxylic acids is 1. The second-order valence-corrected chi connectivity index (χ2v) is 8.60. The van der Waals surface area contributed by atoms with Crippen LogP contribution in [0.15, 0.2) is 0 Å². The van der Waals surface area contributed by atoms with Crippen LogP contribution in [-0.4, -0.2) is 57.5 Å². The van der Waals surface area contributed by atoms with Crippen LogP contribution in [-0.2, 0) is 9.59 Å². The maximum Gasteiger partial charge on any atom is 0.308 e. The number of nitrogens with zero attached hydrogens (tertiary/aromatic N) is 2. The lowest BCUT2D eigenvalue weighted by molar-refractivity contribution is -0.143. The molecule has 2 aliphatic heterocycles. The molecule has 2 bridgehead atoms. The molecule has 2 aliphatic carbocycles. The summed E-state index contributed by atoms with van der Waals surface area (Å²) in [6.07, 6.45) is 9.81. The predicted octanol–water partition coefficient (Wildman–Crippen LogP) is 2.49. The predicted molar refractivity (Wildman–Crippen MR) is 90.5 cm³/mol. The van der Waals surface area contributed by atoms with E-state index in [9.17, 15) is 14.7 Å². The quantitative estimate of drug-likeness (QED) is 0.839. The summed E-state index contributed by atoms with van der Waals surface area (Å²) in [6, 6.07) is 1.29. The highest BCUT2D eigenvalue weighted by atomic mass is 16.4. The molecule has 5 nitrogen and oxygen atoms in total. The van der Waals surface area contributed by atoms with Crippen molar-refractivity contribution in [2.75, 3.05) is 6.54 Å². The van der Waals surface area contributed by atoms with E-state index in [2.05, 4.69) is 16.7 Å². The first-order chi connectivity index (χ1) is 11.5. The number of rotatable bonds is 5. The van der Waals surface area contributed by atoms with E-state index in [0.29, 0.717) is 24.7 Å². The van der Waals surface area contributed by atoms with Crippen LogP contribution in [0, 0.1) is 11.8 Å². The zero-order valence-electron chi connectivity index (χ0n) is 14.7. The maximum atomic E-state index is 13.1. The molecule has 2 saturated carbocycles. The van der Waals surface area contributed by atoms with Gasteiger partial charge < -0.3 is 10.0 Å². The van der Waals surface area contributed by atoms with Gasteiger partial charge in [0.1, 0.15) is 0 Å². The number of fused-ring (bicyclic) bond motifs is 2. The van der Waals surface area contributed by atoms with E-state index < -0.39 is 5.97 Å². The third-order valence-electron chi connectivity index (χ3n) is 6.92. The Morgan fingerprint density at radius 3 is 2.17 bits per heavy atom. The molecule has 5 heteroatoms. The molecule has 0 spiro atoms. The highest BCUT2D eigenvalue weighted by molar-refractivity contribution is 5.80. The number of carbonyl (C=O) groups is 2. The molecule has 3 atom stereocenters. The maximum absolute atomic E-state index is 13.1. The molecular formula is C19H30N2O3. The Balaban J connectivity index is 1.42. The molecular weight excluding hydrogens is 304 g/mol. The van der Waals surface area contributed by atoms with Gasteiger partial charge in [0, 0.05) is 24.2 Å². The summed E-state index contributed by atoms with van der Waals surface area (Å²) in [6.45, 7) is 2.76. The third-order valence-corrected chi connectivity index (χ3v) is 6.92. The Morgan fingerprint density at radius 1 is 1.00 bits per heavy atom. The molecule has 0 aromatic rings. The van der Waals surface area contributed by atoms with E-state index in [1.807, 2.05) is 0 Å². The fourth-order valence-corrected chi connectivity index (χ4v) is 5.43. The molecule has 1 N–H and O–H groups in total. The van der Waals surface area contributed by atoms with E-state index in [4.69, 9.17) is 0 Å². The monoisotopic (exact) mass is 334 g/mol. The van der Waals surface area contributed by atoms with Gasteiger partial charge in [0.2, 0.25) is 5.91 Å². The van der Waals surface area contributed by atoms with Gasteiger partial charge in [0.05, 0.1) is 12.5 Å². The lowest BCUT2D eigenvalue weighted by Gasteiger charge is -2.37. The first kappa shape index (κ1) is 16.4. The van der Waals surface area contributed by atoms with Crippen molar-refractivity contribution in [1.29, 1.82) is 0 Å². The normalized spacial score (nSPS) is 39.1. The van der Waals surface area contributed by atoms with Crippen LogP contribution in [0.3, 0.4) is 0 Å². The van der Waals surface area contributed by atoms with E-state index >= 15 is 0 Å². The highest BCUT2D eigenvalue weighted by Crippen LogP contribution is 2.42. The zero-order valence-corrected chi connectivity index (χ0v) is 14.7. The summed E-state index contributed by atoms with van der Waals surface area (Å²) in [4.78, 5) is 29.0. The number of aliphatic carboxylic acids is 1. The van der Waals surface area contributed by atoms with Crippen LogP contribution in [0.2, 0.25) is 0 Å². The van der Waals surface area contributed by atoms with Crippen molar-refractivity contribution in [2.24, 2.45) is 11.8 Å². The van der Waals surface area contributed by atoms with Crippen molar-refractivity contribution in [3.63, 3.8) is 0 Å². The Bertz CT molecular complexity index is 511. The van der Waals surface area contributed by atoms with Crippen molar-refractivity contribution in [3.8, 4) is 0 Å². The lowest BCUT2D eigenvalue weighted by Crippen LogP contribution is -2.49. The van der Waals surface area contributed by atoms with Crippen LogP contribution in [0.4, 0.5) is 0 Å². The van der Waals surface area contributed by atoms with Crippen molar-refractivity contribution in [1.82, 2.24) is 9.80 Å². The topological polar surface area (TPSA) is 60.9 Å². The molecule has 3 unspecified atom stereocenters. The van der Waals surface area contributed by atoms with Gasteiger partial charge in [-0.15, -0.1) is 0 Å². The van der Waals surface area contributed by atoms with Crippen molar-refractivity contribution >= 4 is 11.9 Å². The highest BCUT2D eigenvalue weighted by Gasteiger charge is 2.50. The van der Waals surface area contributed by atoms with E-state index in [-0.39, 0.29) is 17.9 Å². The molecule has 1 amide bonds. The number of amides is 1. The van der Waals surface area contributed by atoms with Crippen LogP contribution in [0.5, 0.6) is 0 Å². The number of carboxylic acid groups (broad SMARTS) is 1. The van der Waals surface area contributed by atoms with Crippen LogP contribution in [0.1, 0.15) is 64.7 Å². The summed E-state index contributed by atoms with van der Waals surface area (Å²) < 4.78 is 0. The number of hydrogen-bond acceptors (Lipinski definition) is 3. The lowest BCUT2D eigenvalue weighted by atomic mass is 9.86. The minimum Gasteiger partial charge on any atom is -0.481 e. The molecule has 4 fully saturated rings. The molecule has 134 valence electrons. The van der Waals surface area contributed by atoms with Crippen LogP contribution < -0.4 is 0 Å². The van der Waals surface area contributed by atoms with Gasteiger partial charge in [-0.3, -0.25) is 14.5 Å². The molecule has 4 aliphatic rings. The van der Waals surface area contributed by atoms with Crippen LogP contribution >= 0.6 is 0 Å². The van der Waals surface area contributed by atoms with Crippen molar-refractivity contribution in [3.05, 3.63) is 0 Å². The molecule has 2 saturated heterocycles. The molecule has 0 radical (unpaired) electrons. The van der Waals surface area contributed by atoms with Gasteiger partial charge in [0.15, 0.2) is 0 Å². The van der Waals surface area contributed by atoms with Crippen LogP contribution in [0.25, 0.3) is 0 Å². The minimum atomic E-state index is -0.681. The van der Waals surface area contributed by atoms with Gasteiger partial charge in [0.25, 0.3) is 0 Å². The Kier molecular flexibility index (Phi) is 4.31. The van der Waals surface area contributed by atoms with E-state index in [0.717, 1.165) is 50.9 Å². The SMILES string of the molecule is CC1CCC(N(C(=O)CN2C3CCC2C(C(=O)O)C3)C2CC2)CC1. The Morgan fingerprint density at radius 2 is 1.62 bits per heavy atom. The molecule has 0 aromatic heterocycles. The third kappa shape index (κ3) is 2.96. The number of hydrogen-bond donors (Lipinski definition) is 1. The average molecular weight is 334 g/mol. The first-order valence-corrected chi connectivity index (χ1v) is 9.84. The number of carbonyl (C=O) groups excluding carboxylic acids is 1. The first-order valence-electron chi connectivity index (χ1n) is 9.84. The second-order valence-electron chi connectivity index (χ2n) is 8.60. The van der Waals surface area contributed by atoms with E-state index in [1.165, 1.54) is 12.8 Å². The zero-order chi connectivity index (χ0) is 16.8. The van der Waals surface area contributed by atoms with Crippen molar-refractivity contribution < 1.29 is 14.7 Å². The summed E-state index contributed by atoms with van der Waals surface area (Å²) in [5.74, 6) is 0.115. The fraction of sp³-hybridized carbons (Fsp3) is 0.895. The average Bonchev–Trinajstić information content (AvgIpc) is 3.25. The Labute approximate surface area is 144 Å². The Hall–Kier alpha value is -1.10. The standard InChI is InChI=1S/C19H30N2O3/c1-12-2-4-13(5-3-12)21(14-6-7-14)18(22)11-20-15-8-9-17(20)16(10-15)19(23)24/h12-17H,2-11H2,1H3,(H,23,24). The van der Waals surface area contributed by atoms with Gasteiger partial charge in [-0.1, -0.05) is 6.92 Å². The second kappa shape index (κ2) is 6.32. The fourth-order valence-electron chi connectivity index (χ4n) is 5.43. The van der Waals surface area contributed by atoms with Gasteiger partial charge in [-0.25, -0.2) is 0 Å². The summed E-state index contributed by atoms with van der Waals surface area (Å²) in [5, 5.41) is 9.40. The van der Waals surface area contributed by atoms with Gasteiger partial charge >= 0.3 is 5.97 Å². The van der Waals surface area contributed by atoms with Gasteiger partial charge in [-0.2, -0.15) is 0 Å². The molecule has 4 rings (SSSR count). The summed E-state index contributed by atoms with van der Waals surface area (Å²) in [5.41, 5.74) is 0. The molecule has 0 aromatic carbocycles.